The van der Waals surface area contributed by atoms with Crippen LogP contribution in [0.25, 0.3) is 0 Å². The van der Waals surface area contributed by atoms with Crippen LogP contribution in [0, 0.1) is 11.8 Å². The maximum absolute atomic E-state index is 12.0. The van der Waals surface area contributed by atoms with Crippen LogP contribution in [0.3, 0.4) is 0 Å². The summed E-state index contributed by atoms with van der Waals surface area (Å²) in [7, 11) is 0. The number of alkyl halides is 3. The van der Waals surface area contributed by atoms with Gasteiger partial charge in [0.1, 0.15) is 5.75 Å². The lowest BCUT2D eigenvalue weighted by atomic mass is 9.71. The fraction of sp³-hybridized carbons (Fsp3) is 0.467. The topological polar surface area (TPSA) is 21.3 Å². The minimum absolute atomic E-state index is 0.236. The Morgan fingerprint density at radius 1 is 1.20 bits per heavy atom. The first-order valence-electron chi connectivity index (χ1n) is 6.74. The smallest absolute Gasteiger partial charge is 0.422 e. The van der Waals surface area contributed by atoms with Crippen LogP contribution in [-0.2, 0) is 0 Å². The molecule has 0 bridgehead atoms. The molecule has 1 N–H and O–H groups in total. The van der Waals surface area contributed by atoms with Crippen molar-refractivity contribution >= 4 is 5.69 Å². The van der Waals surface area contributed by atoms with E-state index in [1.54, 1.807) is 24.3 Å². The second-order valence-electron chi connectivity index (χ2n) is 5.42. The number of nitrogens with one attached hydrogen (secondary N) is 1. The van der Waals surface area contributed by atoms with Gasteiger partial charge in [-0.3, -0.25) is 0 Å². The van der Waals surface area contributed by atoms with Gasteiger partial charge in [-0.2, -0.15) is 13.2 Å². The second kappa shape index (κ2) is 5.04. The molecule has 3 unspecified atom stereocenters. The molecule has 0 radical (unpaired) electrons. The van der Waals surface area contributed by atoms with E-state index < -0.39 is 12.8 Å². The van der Waals surface area contributed by atoms with Crippen molar-refractivity contribution in [2.75, 3.05) is 11.9 Å². The lowest BCUT2D eigenvalue weighted by Crippen LogP contribution is -2.43. The molecule has 3 rings (SSSR count). The highest BCUT2D eigenvalue weighted by atomic mass is 19.4. The van der Waals surface area contributed by atoms with Crippen molar-refractivity contribution in [1.29, 1.82) is 0 Å². The number of rotatable bonds is 4. The van der Waals surface area contributed by atoms with Gasteiger partial charge in [-0.1, -0.05) is 12.2 Å². The third-order valence-electron chi connectivity index (χ3n) is 3.97. The molecule has 20 heavy (non-hydrogen) atoms. The Morgan fingerprint density at radius 3 is 2.60 bits per heavy atom. The van der Waals surface area contributed by atoms with Crippen LogP contribution in [0.1, 0.15) is 12.8 Å². The van der Waals surface area contributed by atoms with Crippen molar-refractivity contribution in [3.63, 3.8) is 0 Å². The number of anilines is 1. The molecule has 0 aromatic heterocycles. The standard InChI is InChI=1S/C15H16F3NO/c16-15(17,18)9-20-12-6-4-11(5-7-12)19-14-8-10-2-1-3-13(10)14/h1,3-7,10,13-14,19H,2,8-9H2. The number of benzene rings is 1. The SMILES string of the molecule is FC(F)(F)COc1ccc(NC2CC3CC=CC32)cc1. The summed E-state index contributed by atoms with van der Waals surface area (Å²) >= 11 is 0. The molecule has 2 aliphatic carbocycles. The van der Waals surface area contributed by atoms with E-state index >= 15 is 0 Å². The summed E-state index contributed by atoms with van der Waals surface area (Å²) in [6, 6.07) is 7.10. The molecule has 0 spiro atoms. The highest BCUT2D eigenvalue weighted by Gasteiger charge is 2.40. The van der Waals surface area contributed by atoms with Gasteiger partial charge < -0.3 is 10.1 Å². The van der Waals surface area contributed by atoms with Crippen molar-refractivity contribution in [3.05, 3.63) is 36.4 Å². The van der Waals surface area contributed by atoms with Crippen LogP contribution in [0.5, 0.6) is 5.75 Å². The summed E-state index contributed by atoms with van der Waals surface area (Å²) in [5, 5.41) is 3.42. The molecule has 2 nitrogen and oxygen atoms in total. The van der Waals surface area contributed by atoms with E-state index in [1.807, 2.05) is 0 Å². The van der Waals surface area contributed by atoms with Gasteiger partial charge in [0.2, 0.25) is 0 Å². The molecule has 0 aliphatic heterocycles. The van der Waals surface area contributed by atoms with E-state index in [9.17, 15) is 13.2 Å². The molecular formula is C15H16F3NO. The van der Waals surface area contributed by atoms with Crippen molar-refractivity contribution in [2.24, 2.45) is 11.8 Å². The molecule has 1 aromatic carbocycles. The van der Waals surface area contributed by atoms with E-state index in [0.29, 0.717) is 12.0 Å². The minimum atomic E-state index is -4.30. The quantitative estimate of drug-likeness (QED) is 0.843. The Balaban J connectivity index is 1.53. The summed E-state index contributed by atoms with van der Waals surface area (Å²) in [6.07, 6.45) is 2.52. The molecule has 2 aliphatic rings. The molecular weight excluding hydrogens is 267 g/mol. The Bertz CT molecular complexity index is 495. The molecule has 1 aromatic rings. The Kier molecular flexibility index (Phi) is 3.36. The maximum atomic E-state index is 12.0. The molecule has 0 saturated heterocycles. The van der Waals surface area contributed by atoms with Gasteiger partial charge in [0.25, 0.3) is 0 Å². The number of ether oxygens (including phenoxy) is 1. The monoisotopic (exact) mass is 283 g/mol. The molecule has 3 atom stereocenters. The first-order valence-corrected chi connectivity index (χ1v) is 6.74. The first-order chi connectivity index (χ1) is 9.51. The van der Waals surface area contributed by atoms with Crippen LogP contribution in [0.15, 0.2) is 36.4 Å². The van der Waals surface area contributed by atoms with Crippen molar-refractivity contribution in [1.82, 2.24) is 0 Å². The Labute approximate surface area is 115 Å². The largest absolute Gasteiger partial charge is 0.484 e. The first kappa shape index (κ1) is 13.3. The lowest BCUT2D eigenvalue weighted by molar-refractivity contribution is -0.153. The molecule has 108 valence electrons. The van der Waals surface area contributed by atoms with Crippen molar-refractivity contribution in [3.8, 4) is 5.75 Å². The number of hydrogen-bond acceptors (Lipinski definition) is 2. The lowest BCUT2D eigenvalue weighted by Gasteiger charge is -2.41. The zero-order valence-electron chi connectivity index (χ0n) is 10.9. The normalized spacial score (nSPS) is 27.9. The van der Waals surface area contributed by atoms with Gasteiger partial charge in [0.05, 0.1) is 0 Å². The van der Waals surface area contributed by atoms with Crippen LogP contribution in [0.2, 0.25) is 0 Å². The third kappa shape index (κ3) is 2.92. The van der Waals surface area contributed by atoms with Crippen LogP contribution in [-0.4, -0.2) is 18.8 Å². The van der Waals surface area contributed by atoms with E-state index in [4.69, 9.17) is 0 Å². The van der Waals surface area contributed by atoms with E-state index in [2.05, 4.69) is 22.2 Å². The van der Waals surface area contributed by atoms with Gasteiger partial charge in [-0.05, 0) is 43.0 Å². The molecule has 0 heterocycles. The fourth-order valence-corrected chi connectivity index (χ4v) is 2.91. The Hall–Kier alpha value is -1.65. The number of halogens is 3. The van der Waals surface area contributed by atoms with E-state index in [1.165, 1.54) is 6.42 Å². The average molecular weight is 283 g/mol. The summed E-state index contributed by atoms with van der Waals surface area (Å²) in [5.41, 5.74) is 0.924. The third-order valence-corrected chi connectivity index (χ3v) is 3.97. The summed E-state index contributed by atoms with van der Waals surface area (Å²) in [4.78, 5) is 0. The molecule has 1 fully saturated rings. The number of allylic oxidation sites excluding steroid dienone is 1. The summed E-state index contributed by atoms with van der Waals surface area (Å²) in [6.45, 7) is -1.25. The van der Waals surface area contributed by atoms with Gasteiger partial charge in [0.15, 0.2) is 6.61 Å². The zero-order valence-corrected chi connectivity index (χ0v) is 10.9. The highest BCUT2D eigenvalue weighted by molar-refractivity contribution is 5.48. The molecule has 1 saturated carbocycles. The molecule has 5 heteroatoms. The predicted molar refractivity (Wildman–Crippen MR) is 70.8 cm³/mol. The zero-order chi connectivity index (χ0) is 14.2. The molecule has 0 amide bonds. The maximum Gasteiger partial charge on any atom is 0.422 e. The second-order valence-corrected chi connectivity index (χ2v) is 5.42. The average Bonchev–Trinajstić information content (AvgIpc) is 2.75. The number of fused-ring (bicyclic) bond motifs is 1. The van der Waals surface area contributed by atoms with Crippen LogP contribution >= 0.6 is 0 Å². The fourth-order valence-electron chi connectivity index (χ4n) is 2.91. The van der Waals surface area contributed by atoms with Crippen molar-refractivity contribution < 1.29 is 17.9 Å². The van der Waals surface area contributed by atoms with Gasteiger partial charge in [0, 0.05) is 17.6 Å². The van der Waals surface area contributed by atoms with Gasteiger partial charge in [-0.25, -0.2) is 0 Å². The number of hydrogen-bond donors (Lipinski definition) is 1. The van der Waals surface area contributed by atoms with Crippen molar-refractivity contribution in [2.45, 2.75) is 25.1 Å². The predicted octanol–water partition coefficient (Wildman–Crippen LogP) is 4.00. The van der Waals surface area contributed by atoms with Gasteiger partial charge in [-0.15, -0.1) is 0 Å². The summed E-state index contributed by atoms with van der Waals surface area (Å²) < 4.78 is 40.8. The van der Waals surface area contributed by atoms with E-state index in [-0.39, 0.29) is 5.75 Å². The minimum Gasteiger partial charge on any atom is -0.484 e. The van der Waals surface area contributed by atoms with Crippen LogP contribution < -0.4 is 10.1 Å². The van der Waals surface area contributed by atoms with E-state index in [0.717, 1.165) is 18.0 Å². The summed E-state index contributed by atoms with van der Waals surface area (Å²) in [5.74, 6) is 1.62. The van der Waals surface area contributed by atoms with Gasteiger partial charge >= 0.3 is 6.18 Å². The Morgan fingerprint density at radius 2 is 1.95 bits per heavy atom. The highest BCUT2D eigenvalue weighted by Crippen LogP contribution is 2.44. The van der Waals surface area contributed by atoms with Crippen LogP contribution in [0.4, 0.5) is 18.9 Å².